The number of para-hydroxylation sites is 1. The largest absolute Gasteiger partial charge is 0.393 e. The molecular weight excluding hydrogens is 366 g/mol. The van der Waals surface area contributed by atoms with E-state index in [9.17, 15) is 9.90 Å². The second-order valence-corrected chi connectivity index (χ2v) is 7.42. The Morgan fingerprint density at radius 1 is 1.00 bits per heavy atom. The summed E-state index contributed by atoms with van der Waals surface area (Å²) >= 11 is 0. The first-order valence-corrected chi connectivity index (χ1v) is 9.73. The first kappa shape index (κ1) is 17.6. The number of aliphatic hydroxyl groups excluding tert-OH is 1. The fourth-order valence-corrected chi connectivity index (χ4v) is 4.33. The zero-order chi connectivity index (χ0) is 20.0. The van der Waals surface area contributed by atoms with E-state index in [-0.39, 0.29) is 6.10 Å². The van der Waals surface area contributed by atoms with Crippen molar-refractivity contribution in [2.24, 2.45) is 16.0 Å². The highest BCUT2D eigenvalue weighted by Crippen LogP contribution is 2.51. The molecule has 0 atom stereocenters. The number of aromatic amines is 1. The Labute approximate surface area is 167 Å². The molecule has 0 aromatic heterocycles. The predicted molar refractivity (Wildman–Crippen MR) is 114 cm³/mol. The number of primary amides is 1. The molecule has 2 aromatic carbocycles. The van der Waals surface area contributed by atoms with Crippen molar-refractivity contribution >= 4 is 39.2 Å². The van der Waals surface area contributed by atoms with E-state index < -0.39 is 6.03 Å². The number of H-pyrrole nitrogens is 1. The summed E-state index contributed by atoms with van der Waals surface area (Å²) in [5.74, 6) is 1.00. The number of anilines is 1. The number of azo groups is 1. The molecule has 0 spiro atoms. The summed E-state index contributed by atoms with van der Waals surface area (Å²) in [5, 5.41) is 20.8. The van der Waals surface area contributed by atoms with Gasteiger partial charge in [0.25, 0.3) is 0 Å². The Balaban J connectivity index is 1.87. The standard InChI is InChI=1S/C22H21N5O2/c23-22(29)26-25-20-15-6-2-1-5-14(15)19-18(20)16-7-3-4-8-17(16)24-21(19)27-11-9-13(28)10-12-27/h1-8,13,24,28H,9-12H2,(H2,23,29). The van der Waals surface area contributed by atoms with Gasteiger partial charge < -0.3 is 20.7 Å². The van der Waals surface area contributed by atoms with Gasteiger partial charge in [0.1, 0.15) is 11.5 Å². The van der Waals surface area contributed by atoms with E-state index in [4.69, 9.17) is 5.73 Å². The molecule has 4 N–H and O–H groups in total. The number of piperidine rings is 1. The molecule has 7 nitrogen and oxygen atoms in total. The second-order valence-electron chi connectivity index (χ2n) is 7.42. The molecule has 0 saturated carbocycles. The van der Waals surface area contributed by atoms with Gasteiger partial charge >= 0.3 is 6.03 Å². The van der Waals surface area contributed by atoms with Gasteiger partial charge in [-0.3, -0.25) is 0 Å². The highest BCUT2D eigenvalue weighted by molar-refractivity contribution is 6.21. The van der Waals surface area contributed by atoms with Gasteiger partial charge in [0.2, 0.25) is 0 Å². The number of hydrogen-bond acceptors (Lipinski definition) is 4. The van der Waals surface area contributed by atoms with E-state index in [2.05, 4.69) is 26.2 Å². The zero-order valence-electron chi connectivity index (χ0n) is 15.8. The number of aromatic nitrogens is 1. The highest BCUT2D eigenvalue weighted by atomic mass is 16.3. The Bertz CT molecular complexity index is 1220. The molecule has 0 unspecified atom stereocenters. The molecule has 146 valence electrons. The van der Waals surface area contributed by atoms with Gasteiger partial charge in [-0.25, -0.2) is 4.79 Å². The first-order valence-electron chi connectivity index (χ1n) is 9.73. The minimum Gasteiger partial charge on any atom is -0.393 e. The van der Waals surface area contributed by atoms with Crippen molar-refractivity contribution in [3.05, 3.63) is 48.5 Å². The lowest BCUT2D eigenvalue weighted by atomic mass is 10.00. The molecule has 1 aliphatic carbocycles. The highest BCUT2D eigenvalue weighted by Gasteiger charge is 2.28. The summed E-state index contributed by atoms with van der Waals surface area (Å²) in [6.45, 7) is 1.53. The number of aliphatic hydroxyl groups is 1. The third kappa shape index (κ3) is 2.91. The van der Waals surface area contributed by atoms with Crippen LogP contribution < -0.4 is 10.6 Å². The summed E-state index contributed by atoms with van der Waals surface area (Å²) in [6, 6.07) is 15.2. The van der Waals surface area contributed by atoms with Crippen LogP contribution in [-0.4, -0.2) is 35.3 Å². The Kier molecular flexibility index (Phi) is 4.17. The average molecular weight is 387 g/mol. The number of nitrogens with two attached hydrogens (primary N) is 1. The average Bonchev–Trinajstić information content (AvgIpc) is 3.07. The van der Waals surface area contributed by atoms with Crippen molar-refractivity contribution in [1.29, 1.82) is 0 Å². The fraction of sp³-hybridized carbons (Fsp3) is 0.227. The molecule has 3 aliphatic rings. The molecule has 2 amide bonds. The minimum atomic E-state index is -0.819. The van der Waals surface area contributed by atoms with Crippen LogP contribution in [0.5, 0.6) is 0 Å². The Hall–Kier alpha value is -3.45. The maximum atomic E-state index is 11.3. The Morgan fingerprint density at radius 3 is 2.38 bits per heavy atom. The molecular formula is C22H21N5O2. The lowest BCUT2D eigenvalue weighted by Gasteiger charge is -2.33. The van der Waals surface area contributed by atoms with Crippen molar-refractivity contribution in [1.82, 2.24) is 4.98 Å². The van der Waals surface area contributed by atoms with Crippen LogP contribution in [0.15, 0.2) is 58.8 Å². The van der Waals surface area contributed by atoms with Crippen LogP contribution in [0.1, 0.15) is 12.8 Å². The SMILES string of the molecule is NC(=O)N=Nc1c2c3ccccc3[nH]c(N3CCC(O)CC3)c-2c2ccccc12. The van der Waals surface area contributed by atoms with E-state index in [1.807, 2.05) is 42.5 Å². The number of nitrogens with zero attached hydrogens (tertiary/aromatic N) is 3. The molecule has 1 fully saturated rings. The van der Waals surface area contributed by atoms with Crippen LogP contribution in [0.2, 0.25) is 0 Å². The molecule has 2 aliphatic heterocycles. The summed E-state index contributed by atoms with van der Waals surface area (Å²) in [4.78, 5) is 17.2. The molecule has 29 heavy (non-hydrogen) atoms. The third-order valence-electron chi connectivity index (χ3n) is 5.65. The van der Waals surface area contributed by atoms with Gasteiger partial charge in [0, 0.05) is 40.5 Å². The molecule has 1 saturated heterocycles. The van der Waals surface area contributed by atoms with Crippen LogP contribution in [0.25, 0.3) is 32.8 Å². The van der Waals surface area contributed by atoms with Gasteiger partial charge in [0.15, 0.2) is 0 Å². The maximum absolute atomic E-state index is 11.3. The zero-order valence-corrected chi connectivity index (χ0v) is 15.8. The molecule has 5 rings (SSSR count). The maximum Gasteiger partial charge on any atom is 0.356 e. The summed E-state index contributed by atoms with van der Waals surface area (Å²) in [5.41, 5.74) is 8.86. The number of urea groups is 1. The van der Waals surface area contributed by atoms with Gasteiger partial charge in [0.05, 0.1) is 6.10 Å². The minimum absolute atomic E-state index is 0.251. The van der Waals surface area contributed by atoms with Crippen molar-refractivity contribution in [2.75, 3.05) is 18.0 Å². The van der Waals surface area contributed by atoms with Crippen molar-refractivity contribution < 1.29 is 9.90 Å². The van der Waals surface area contributed by atoms with Crippen LogP contribution in [0, 0.1) is 0 Å². The summed E-state index contributed by atoms with van der Waals surface area (Å²) in [7, 11) is 0. The number of fused-ring (bicyclic) bond motifs is 5. The van der Waals surface area contributed by atoms with E-state index in [1.54, 1.807) is 0 Å². The monoisotopic (exact) mass is 387 g/mol. The van der Waals surface area contributed by atoms with Gasteiger partial charge in [-0.2, -0.15) is 0 Å². The molecule has 0 radical (unpaired) electrons. The predicted octanol–water partition coefficient (Wildman–Crippen LogP) is 4.55. The number of benzene rings is 2. The van der Waals surface area contributed by atoms with Crippen LogP contribution >= 0.6 is 0 Å². The number of rotatable bonds is 2. The number of carbonyl (C=O) groups excluding carboxylic acids is 1. The van der Waals surface area contributed by atoms with Crippen LogP contribution in [-0.2, 0) is 0 Å². The van der Waals surface area contributed by atoms with Crippen molar-refractivity contribution in [2.45, 2.75) is 18.9 Å². The summed E-state index contributed by atoms with van der Waals surface area (Å²) in [6.07, 6.45) is 1.21. The Morgan fingerprint density at radius 2 is 1.66 bits per heavy atom. The smallest absolute Gasteiger partial charge is 0.356 e. The van der Waals surface area contributed by atoms with Crippen LogP contribution in [0.3, 0.4) is 0 Å². The topological polar surface area (TPSA) is 107 Å². The fourth-order valence-electron chi connectivity index (χ4n) is 4.33. The number of hydrogen-bond donors (Lipinski definition) is 3. The van der Waals surface area contributed by atoms with Gasteiger partial charge in [-0.15, -0.1) is 5.11 Å². The lowest BCUT2D eigenvalue weighted by Crippen LogP contribution is -2.36. The first-order chi connectivity index (χ1) is 14.1. The number of carbonyl (C=O) groups is 1. The van der Waals surface area contributed by atoms with E-state index in [0.717, 1.165) is 64.6 Å². The number of pyridine rings is 1. The van der Waals surface area contributed by atoms with Gasteiger partial charge in [-0.1, -0.05) is 47.6 Å². The molecule has 2 aromatic rings. The number of nitrogens with one attached hydrogen (secondary N) is 1. The van der Waals surface area contributed by atoms with E-state index in [0.29, 0.717) is 5.69 Å². The van der Waals surface area contributed by atoms with Gasteiger partial charge in [-0.05, 0) is 24.3 Å². The second kappa shape index (κ2) is 6.86. The number of amides is 2. The van der Waals surface area contributed by atoms with Crippen molar-refractivity contribution in [3.8, 4) is 11.1 Å². The quantitative estimate of drug-likeness (QED) is 0.439. The van der Waals surface area contributed by atoms with Crippen molar-refractivity contribution in [3.63, 3.8) is 0 Å². The molecule has 0 bridgehead atoms. The molecule has 7 heteroatoms. The summed E-state index contributed by atoms with van der Waals surface area (Å²) < 4.78 is 0. The lowest BCUT2D eigenvalue weighted by molar-refractivity contribution is 0.145. The van der Waals surface area contributed by atoms with Crippen LogP contribution in [0.4, 0.5) is 16.3 Å². The van der Waals surface area contributed by atoms with E-state index in [1.165, 1.54) is 0 Å². The third-order valence-corrected chi connectivity index (χ3v) is 5.65. The molecule has 2 heterocycles. The normalized spacial score (nSPS) is 15.8. The van der Waals surface area contributed by atoms with E-state index >= 15 is 0 Å².